The molecule has 0 saturated heterocycles. The van der Waals surface area contributed by atoms with Crippen LogP contribution in [0, 0.1) is 18.3 Å². The van der Waals surface area contributed by atoms with Gasteiger partial charge in [-0.15, -0.1) is 0 Å². The molecular weight excluding hydrogens is 236 g/mol. The summed E-state index contributed by atoms with van der Waals surface area (Å²) in [6, 6.07) is 13.3. The van der Waals surface area contributed by atoms with E-state index in [9.17, 15) is 0 Å². The second-order valence-corrected chi connectivity index (χ2v) is 4.77. The monoisotopic (exact) mass is 252 g/mol. The Morgan fingerprint density at radius 2 is 2.00 bits per heavy atom. The lowest BCUT2D eigenvalue weighted by atomic mass is 10.0. The average molecular weight is 252 g/mol. The van der Waals surface area contributed by atoms with Gasteiger partial charge in [-0.2, -0.15) is 5.26 Å². The number of ether oxygens (including phenoxy) is 1. The fourth-order valence-corrected chi connectivity index (χ4v) is 1.85. The Labute approximate surface area is 113 Å². The minimum absolute atomic E-state index is 0.358. The first-order valence-corrected chi connectivity index (χ1v) is 6.25. The first-order chi connectivity index (χ1) is 9.10. The van der Waals surface area contributed by atoms with E-state index in [0.29, 0.717) is 17.5 Å². The van der Waals surface area contributed by atoms with Gasteiger partial charge >= 0.3 is 0 Å². The normalized spacial score (nSPS) is 10.3. The van der Waals surface area contributed by atoms with Gasteiger partial charge in [0.15, 0.2) is 0 Å². The lowest BCUT2D eigenvalue weighted by Gasteiger charge is -2.14. The smallest absolute Gasteiger partial charge is 0.220 e. The Morgan fingerprint density at radius 3 is 2.68 bits per heavy atom. The molecule has 2 rings (SSSR count). The molecule has 3 heteroatoms. The zero-order chi connectivity index (χ0) is 13.8. The molecule has 1 heterocycles. The summed E-state index contributed by atoms with van der Waals surface area (Å²) in [5.74, 6) is 1.62. The zero-order valence-electron chi connectivity index (χ0n) is 11.3. The molecule has 0 amide bonds. The number of rotatable bonds is 3. The number of nitriles is 1. The maximum Gasteiger partial charge on any atom is 0.220 e. The fourth-order valence-electron chi connectivity index (χ4n) is 1.85. The summed E-state index contributed by atoms with van der Waals surface area (Å²) in [7, 11) is 0. The summed E-state index contributed by atoms with van der Waals surface area (Å²) in [4.78, 5) is 4.13. The molecule has 0 saturated carbocycles. The van der Waals surface area contributed by atoms with Crippen LogP contribution >= 0.6 is 0 Å². The Kier molecular flexibility index (Phi) is 3.82. The number of benzene rings is 1. The molecule has 0 aliphatic rings. The van der Waals surface area contributed by atoms with Gasteiger partial charge in [0, 0.05) is 6.07 Å². The quantitative estimate of drug-likeness (QED) is 0.823. The third-order valence-electron chi connectivity index (χ3n) is 2.84. The number of hydrogen-bond donors (Lipinski definition) is 0. The van der Waals surface area contributed by atoms with E-state index in [1.54, 1.807) is 18.2 Å². The topological polar surface area (TPSA) is 45.9 Å². The van der Waals surface area contributed by atoms with Gasteiger partial charge in [0.1, 0.15) is 17.5 Å². The van der Waals surface area contributed by atoms with Gasteiger partial charge < -0.3 is 4.74 Å². The van der Waals surface area contributed by atoms with E-state index >= 15 is 0 Å². The second kappa shape index (κ2) is 5.53. The van der Waals surface area contributed by atoms with Gasteiger partial charge in [-0.25, -0.2) is 4.98 Å². The number of hydrogen-bond acceptors (Lipinski definition) is 3. The Balaban J connectivity index is 2.37. The Hall–Kier alpha value is -2.34. The molecule has 0 spiro atoms. The van der Waals surface area contributed by atoms with E-state index in [0.717, 1.165) is 16.9 Å². The highest BCUT2D eigenvalue weighted by atomic mass is 16.5. The summed E-state index contributed by atoms with van der Waals surface area (Å²) in [5, 5.41) is 8.85. The van der Waals surface area contributed by atoms with Crippen molar-refractivity contribution in [3.63, 3.8) is 0 Å². The molecule has 1 aromatic carbocycles. The van der Waals surface area contributed by atoms with Crippen LogP contribution in [0.2, 0.25) is 0 Å². The van der Waals surface area contributed by atoms with E-state index in [-0.39, 0.29) is 0 Å². The lowest BCUT2D eigenvalue weighted by molar-refractivity contribution is 0.453. The molecule has 0 radical (unpaired) electrons. The van der Waals surface area contributed by atoms with Crippen molar-refractivity contribution in [2.24, 2.45) is 0 Å². The molecule has 0 N–H and O–H groups in total. The number of pyridine rings is 1. The summed E-state index contributed by atoms with van der Waals surface area (Å²) in [6.45, 7) is 6.27. The van der Waals surface area contributed by atoms with Crippen molar-refractivity contribution in [2.75, 3.05) is 0 Å². The average Bonchev–Trinajstić information content (AvgIpc) is 2.38. The fraction of sp³-hybridized carbons (Fsp3) is 0.250. The van der Waals surface area contributed by atoms with E-state index in [2.05, 4.69) is 31.0 Å². The number of aromatic nitrogens is 1. The Morgan fingerprint density at radius 1 is 1.21 bits per heavy atom. The van der Waals surface area contributed by atoms with Crippen molar-refractivity contribution in [2.45, 2.75) is 26.7 Å². The van der Waals surface area contributed by atoms with Crippen molar-refractivity contribution in [1.29, 1.82) is 5.26 Å². The van der Waals surface area contributed by atoms with Gasteiger partial charge in [0.05, 0.1) is 0 Å². The predicted molar refractivity (Wildman–Crippen MR) is 74.3 cm³/mol. The predicted octanol–water partition coefficient (Wildman–Crippen LogP) is 4.18. The second-order valence-electron chi connectivity index (χ2n) is 4.77. The minimum Gasteiger partial charge on any atom is -0.439 e. The summed E-state index contributed by atoms with van der Waals surface area (Å²) in [6.07, 6.45) is 0. The molecule has 0 unspecified atom stereocenters. The van der Waals surface area contributed by atoms with Crippen LogP contribution in [0.25, 0.3) is 0 Å². The number of aryl methyl sites for hydroxylation is 1. The largest absolute Gasteiger partial charge is 0.439 e. The van der Waals surface area contributed by atoms with Crippen molar-refractivity contribution < 1.29 is 4.74 Å². The molecule has 3 nitrogen and oxygen atoms in total. The SMILES string of the molecule is Cc1ccc(C(C)C)c(Oc2cccc(C#N)n2)c1. The van der Waals surface area contributed by atoms with E-state index in [4.69, 9.17) is 10.00 Å². The standard InChI is InChI=1S/C16H16N2O/c1-11(2)14-8-7-12(3)9-15(14)19-16-6-4-5-13(10-17)18-16/h4-9,11H,1-3H3. The molecule has 0 aliphatic carbocycles. The van der Waals surface area contributed by atoms with Crippen molar-refractivity contribution in [1.82, 2.24) is 4.98 Å². The van der Waals surface area contributed by atoms with Crippen LogP contribution in [0.4, 0.5) is 0 Å². The van der Waals surface area contributed by atoms with Gasteiger partial charge in [-0.1, -0.05) is 32.0 Å². The maximum atomic E-state index is 8.85. The van der Waals surface area contributed by atoms with Crippen LogP contribution in [-0.4, -0.2) is 4.98 Å². The van der Waals surface area contributed by atoms with Crippen LogP contribution in [0.15, 0.2) is 36.4 Å². The summed E-state index contributed by atoms with van der Waals surface area (Å²) in [5.41, 5.74) is 2.63. The van der Waals surface area contributed by atoms with Crippen LogP contribution < -0.4 is 4.74 Å². The third-order valence-corrected chi connectivity index (χ3v) is 2.84. The van der Waals surface area contributed by atoms with Crippen molar-refractivity contribution >= 4 is 0 Å². The molecule has 1 aromatic heterocycles. The molecule has 0 bridgehead atoms. The highest BCUT2D eigenvalue weighted by Gasteiger charge is 2.10. The summed E-state index contributed by atoms with van der Waals surface area (Å²) >= 11 is 0. The molecule has 19 heavy (non-hydrogen) atoms. The highest BCUT2D eigenvalue weighted by Crippen LogP contribution is 2.30. The van der Waals surface area contributed by atoms with Crippen LogP contribution in [0.5, 0.6) is 11.6 Å². The minimum atomic E-state index is 0.358. The molecule has 96 valence electrons. The highest BCUT2D eigenvalue weighted by molar-refractivity contribution is 5.41. The van der Waals surface area contributed by atoms with Crippen LogP contribution in [-0.2, 0) is 0 Å². The zero-order valence-corrected chi connectivity index (χ0v) is 11.3. The van der Waals surface area contributed by atoms with Crippen molar-refractivity contribution in [3.8, 4) is 17.7 Å². The van der Waals surface area contributed by atoms with Gasteiger partial charge in [-0.3, -0.25) is 0 Å². The van der Waals surface area contributed by atoms with Crippen LogP contribution in [0.1, 0.15) is 36.6 Å². The van der Waals surface area contributed by atoms with Crippen LogP contribution in [0.3, 0.4) is 0 Å². The maximum absolute atomic E-state index is 8.85. The van der Waals surface area contributed by atoms with Gasteiger partial charge in [0.2, 0.25) is 5.88 Å². The third kappa shape index (κ3) is 3.11. The lowest BCUT2D eigenvalue weighted by Crippen LogP contribution is -1.96. The van der Waals surface area contributed by atoms with E-state index in [1.165, 1.54) is 0 Å². The summed E-state index contributed by atoms with van der Waals surface area (Å²) < 4.78 is 5.83. The van der Waals surface area contributed by atoms with E-state index < -0.39 is 0 Å². The van der Waals surface area contributed by atoms with Crippen molar-refractivity contribution in [3.05, 3.63) is 53.2 Å². The Bertz CT molecular complexity index is 627. The first-order valence-electron chi connectivity index (χ1n) is 6.25. The van der Waals surface area contributed by atoms with Gasteiger partial charge in [0.25, 0.3) is 0 Å². The van der Waals surface area contributed by atoms with Gasteiger partial charge in [-0.05, 0) is 36.1 Å². The molecule has 0 fully saturated rings. The molecular formula is C16H16N2O. The van der Waals surface area contributed by atoms with E-state index in [1.807, 2.05) is 19.1 Å². The molecule has 2 aromatic rings. The molecule has 0 aliphatic heterocycles. The first kappa shape index (κ1) is 13.1. The molecule has 0 atom stereocenters. The number of nitrogens with zero attached hydrogens (tertiary/aromatic N) is 2.